The Hall–Kier alpha value is -0.590. The third-order valence-electron chi connectivity index (χ3n) is 2.94. The second-order valence-corrected chi connectivity index (χ2v) is 5.70. The van der Waals surface area contributed by atoms with E-state index in [1.807, 2.05) is 0 Å². The fourth-order valence-corrected chi connectivity index (χ4v) is 2.02. The fourth-order valence-electron chi connectivity index (χ4n) is 2.02. The molecule has 0 aliphatic carbocycles. The topological polar surface area (TPSA) is 53.2 Å². The van der Waals surface area contributed by atoms with Gasteiger partial charge in [0.25, 0.3) is 0 Å². The average molecular weight is 211 g/mol. The zero-order chi connectivity index (χ0) is 11.5. The van der Waals surface area contributed by atoms with Crippen LogP contribution in [0.4, 0.5) is 0 Å². The SMILES string of the molecule is CC(C)(C)CC(O)C1(C#N)CCCOC1. The molecule has 1 aliphatic heterocycles. The highest BCUT2D eigenvalue weighted by Gasteiger charge is 2.41. The van der Waals surface area contributed by atoms with E-state index in [0.717, 1.165) is 12.8 Å². The molecular weight excluding hydrogens is 190 g/mol. The first kappa shape index (κ1) is 12.5. The van der Waals surface area contributed by atoms with Crippen molar-refractivity contribution in [3.8, 4) is 6.07 Å². The molecule has 0 bridgehead atoms. The molecule has 1 N–H and O–H groups in total. The Morgan fingerprint density at radius 2 is 2.20 bits per heavy atom. The summed E-state index contributed by atoms with van der Waals surface area (Å²) in [4.78, 5) is 0. The molecule has 0 aromatic rings. The van der Waals surface area contributed by atoms with Crippen molar-refractivity contribution in [2.45, 2.75) is 46.1 Å². The lowest BCUT2D eigenvalue weighted by Gasteiger charge is -2.37. The highest BCUT2D eigenvalue weighted by atomic mass is 16.5. The molecule has 3 heteroatoms. The van der Waals surface area contributed by atoms with Crippen molar-refractivity contribution in [3.05, 3.63) is 0 Å². The van der Waals surface area contributed by atoms with Crippen LogP contribution in [0.2, 0.25) is 0 Å². The largest absolute Gasteiger partial charge is 0.391 e. The Bertz CT molecular complexity index is 243. The maximum Gasteiger partial charge on any atom is 0.106 e. The van der Waals surface area contributed by atoms with Crippen LogP contribution in [0.1, 0.15) is 40.0 Å². The maximum absolute atomic E-state index is 10.2. The van der Waals surface area contributed by atoms with Crippen LogP contribution in [0.15, 0.2) is 0 Å². The molecule has 2 atom stereocenters. The molecule has 1 saturated heterocycles. The summed E-state index contributed by atoms with van der Waals surface area (Å²) in [5, 5.41) is 19.4. The molecule has 0 amide bonds. The van der Waals surface area contributed by atoms with Crippen molar-refractivity contribution < 1.29 is 9.84 Å². The van der Waals surface area contributed by atoms with Gasteiger partial charge in [-0.15, -0.1) is 0 Å². The van der Waals surface area contributed by atoms with E-state index in [4.69, 9.17) is 4.74 Å². The average Bonchev–Trinajstić information content (AvgIpc) is 2.16. The van der Waals surface area contributed by atoms with Gasteiger partial charge in [0.1, 0.15) is 5.41 Å². The molecule has 1 rings (SSSR count). The Kier molecular flexibility index (Phi) is 3.75. The first-order valence-corrected chi connectivity index (χ1v) is 5.57. The predicted octanol–water partition coefficient (Wildman–Crippen LogP) is 2.10. The number of ether oxygens (including phenoxy) is 1. The molecule has 2 unspecified atom stereocenters. The van der Waals surface area contributed by atoms with E-state index < -0.39 is 11.5 Å². The predicted molar refractivity (Wildman–Crippen MR) is 58.2 cm³/mol. The van der Waals surface area contributed by atoms with Gasteiger partial charge in [0.2, 0.25) is 0 Å². The van der Waals surface area contributed by atoms with Gasteiger partial charge in [-0.3, -0.25) is 0 Å². The number of hydrogen-bond acceptors (Lipinski definition) is 3. The normalized spacial score (nSPS) is 29.5. The third-order valence-corrected chi connectivity index (χ3v) is 2.94. The lowest BCUT2D eigenvalue weighted by atomic mass is 9.73. The van der Waals surface area contributed by atoms with E-state index >= 15 is 0 Å². The first-order valence-electron chi connectivity index (χ1n) is 5.57. The Labute approximate surface area is 92.0 Å². The van der Waals surface area contributed by atoms with Gasteiger partial charge >= 0.3 is 0 Å². The minimum atomic E-state index is -0.675. The molecular formula is C12H21NO2. The van der Waals surface area contributed by atoms with Crippen molar-refractivity contribution in [2.75, 3.05) is 13.2 Å². The second-order valence-electron chi connectivity index (χ2n) is 5.70. The Morgan fingerprint density at radius 3 is 2.60 bits per heavy atom. The molecule has 0 spiro atoms. The van der Waals surface area contributed by atoms with E-state index in [-0.39, 0.29) is 5.41 Å². The summed E-state index contributed by atoms with van der Waals surface area (Å²) in [6.07, 6.45) is 1.68. The molecule has 1 heterocycles. The number of rotatable bonds is 2. The molecule has 1 aliphatic rings. The lowest BCUT2D eigenvalue weighted by Crippen LogP contribution is -2.43. The Balaban J connectivity index is 2.69. The van der Waals surface area contributed by atoms with Crippen LogP contribution >= 0.6 is 0 Å². The number of hydrogen-bond donors (Lipinski definition) is 1. The van der Waals surface area contributed by atoms with E-state index in [2.05, 4.69) is 26.8 Å². The van der Waals surface area contributed by atoms with Gasteiger partial charge in [-0.05, 0) is 24.7 Å². The number of nitrogens with zero attached hydrogens (tertiary/aromatic N) is 1. The highest BCUT2D eigenvalue weighted by Crippen LogP contribution is 2.37. The molecule has 86 valence electrons. The van der Waals surface area contributed by atoms with Gasteiger partial charge in [0.05, 0.1) is 18.8 Å². The minimum Gasteiger partial charge on any atom is -0.391 e. The van der Waals surface area contributed by atoms with Crippen LogP contribution in [0.5, 0.6) is 0 Å². The minimum absolute atomic E-state index is 0.0424. The maximum atomic E-state index is 10.2. The van der Waals surface area contributed by atoms with Crippen molar-refractivity contribution in [1.82, 2.24) is 0 Å². The molecule has 0 aromatic heterocycles. The van der Waals surface area contributed by atoms with Gasteiger partial charge in [0.15, 0.2) is 0 Å². The summed E-state index contributed by atoms with van der Waals surface area (Å²) < 4.78 is 5.33. The summed E-state index contributed by atoms with van der Waals surface area (Å²) in [6.45, 7) is 7.31. The summed E-state index contributed by atoms with van der Waals surface area (Å²) in [5.74, 6) is 0. The van der Waals surface area contributed by atoms with Crippen molar-refractivity contribution in [1.29, 1.82) is 5.26 Å². The van der Waals surface area contributed by atoms with Gasteiger partial charge in [0, 0.05) is 6.61 Å². The number of aliphatic hydroxyl groups is 1. The van der Waals surface area contributed by atoms with Crippen LogP contribution < -0.4 is 0 Å². The number of nitriles is 1. The third kappa shape index (κ3) is 3.19. The summed E-state index contributed by atoms with van der Waals surface area (Å²) in [7, 11) is 0. The molecule has 3 nitrogen and oxygen atoms in total. The number of aliphatic hydroxyl groups excluding tert-OH is 1. The first-order chi connectivity index (χ1) is 6.90. The van der Waals surface area contributed by atoms with Crippen LogP contribution in [0, 0.1) is 22.2 Å². The van der Waals surface area contributed by atoms with Crippen molar-refractivity contribution >= 4 is 0 Å². The van der Waals surface area contributed by atoms with Crippen molar-refractivity contribution in [3.63, 3.8) is 0 Å². The quantitative estimate of drug-likeness (QED) is 0.761. The van der Waals surface area contributed by atoms with E-state index in [9.17, 15) is 10.4 Å². The molecule has 15 heavy (non-hydrogen) atoms. The highest BCUT2D eigenvalue weighted by molar-refractivity contribution is 5.05. The van der Waals surface area contributed by atoms with E-state index in [1.165, 1.54) is 0 Å². The smallest absolute Gasteiger partial charge is 0.106 e. The van der Waals surface area contributed by atoms with Gasteiger partial charge in [-0.2, -0.15) is 5.26 Å². The standard InChI is InChI=1S/C12H21NO2/c1-11(2,3)7-10(14)12(8-13)5-4-6-15-9-12/h10,14H,4-7,9H2,1-3H3. The molecule has 0 saturated carbocycles. The van der Waals surface area contributed by atoms with E-state index in [1.54, 1.807) is 0 Å². The monoisotopic (exact) mass is 211 g/mol. The van der Waals surface area contributed by atoms with Gasteiger partial charge in [-0.25, -0.2) is 0 Å². The zero-order valence-corrected chi connectivity index (χ0v) is 9.92. The fraction of sp³-hybridized carbons (Fsp3) is 0.917. The van der Waals surface area contributed by atoms with Gasteiger partial charge in [-0.1, -0.05) is 20.8 Å². The molecule has 0 radical (unpaired) electrons. The second kappa shape index (κ2) is 4.51. The van der Waals surface area contributed by atoms with Gasteiger partial charge < -0.3 is 9.84 Å². The summed E-state index contributed by atoms with van der Waals surface area (Å²) >= 11 is 0. The van der Waals surface area contributed by atoms with Crippen LogP contribution in [0.25, 0.3) is 0 Å². The van der Waals surface area contributed by atoms with Crippen LogP contribution in [-0.2, 0) is 4.74 Å². The molecule has 1 fully saturated rings. The lowest BCUT2D eigenvalue weighted by molar-refractivity contribution is -0.0616. The summed E-state index contributed by atoms with van der Waals surface area (Å²) in [5.41, 5.74) is -0.633. The summed E-state index contributed by atoms with van der Waals surface area (Å²) in [6, 6.07) is 2.26. The zero-order valence-electron chi connectivity index (χ0n) is 9.92. The van der Waals surface area contributed by atoms with Crippen molar-refractivity contribution in [2.24, 2.45) is 10.8 Å². The molecule has 0 aromatic carbocycles. The van der Waals surface area contributed by atoms with E-state index in [0.29, 0.717) is 19.6 Å². The van der Waals surface area contributed by atoms with Crippen LogP contribution in [0.3, 0.4) is 0 Å². The van der Waals surface area contributed by atoms with Crippen LogP contribution in [-0.4, -0.2) is 24.4 Å². The Morgan fingerprint density at radius 1 is 1.53 bits per heavy atom.